The van der Waals surface area contributed by atoms with Gasteiger partial charge in [-0.3, -0.25) is 0 Å². The maximum Gasteiger partial charge on any atom is 0.240 e. The Morgan fingerprint density at radius 1 is 1.40 bits per heavy atom. The lowest BCUT2D eigenvalue weighted by molar-refractivity contribution is 0.414. The van der Waals surface area contributed by atoms with Crippen LogP contribution >= 0.6 is 0 Å². The van der Waals surface area contributed by atoms with Crippen LogP contribution in [0.2, 0.25) is 0 Å². The number of ether oxygens (including phenoxy) is 1. The second-order valence-electron chi connectivity index (χ2n) is 4.11. The molecule has 0 spiro atoms. The van der Waals surface area contributed by atoms with Crippen molar-refractivity contribution < 1.29 is 13.2 Å². The van der Waals surface area contributed by atoms with Crippen LogP contribution in [-0.4, -0.2) is 42.7 Å². The zero-order chi connectivity index (χ0) is 14.6. The fourth-order valence-electron chi connectivity index (χ4n) is 1.71. The molecular weight excluding hydrogens is 282 g/mol. The maximum absolute atomic E-state index is 12.2. The Bertz CT molecular complexity index is 669. The number of hydrogen-bond acceptors (Lipinski definition) is 6. The van der Waals surface area contributed by atoms with Crippen LogP contribution in [0.15, 0.2) is 23.1 Å². The second-order valence-corrected chi connectivity index (χ2v) is 5.84. The van der Waals surface area contributed by atoms with E-state index in [1.54, 1.807) is 19.1 Å². The van der Waals surface area contributed by atoms with Crippen LogP contribution in [0.25, 0.3) is 0 Å². The van der Waals surface area contributed by atoms with Crippen molar-refractivity contribution in [2.24, 2.45) is 0 Å². The molecule has 0 saturated carbocycles. The third-order valence-electron chi connectivity index (χ3n) is 2.70. The molecule has 108 valence electrons. The predicted octanol–water partition coefficient (Wildman–Crippen LogP) is 0.0377. The summed E-state index contributed by atoms with van der Waals surface area (Å²) in [5.74, 6) is 1.08. The van der Waals surface area contributed by atoms with Gasteiger partial charge in [-0.2, -0.15) is 5.21 Å². The summed E-state index contributed by atoms with van der Waals surface area (Å²) in [4.78, 5) is 0.228. The van der Waals surface area contributed by atoms with E-state index in [9.17, 15) is 8.42 Å². The van der Waals surface area contributed by atoms with E-state index in [0.717, 1.165) is 0 Å². The first kappa shape index (κ1) is 14.4. The van der Waals surface area contributed by atoms with Crippen molar-refractivity contribution in [3.05, 3.63) is 29.6 Å². The topological polar surface area (TPSA) is 110 Å². The number of aromatic amines is 1. The summed E-state index contributed by atoms with van der Waals surface area (Å²) in [6.45, 7) is 1.92. The summed E-state index contributed by atoms with van der Waals surface area (Å²) in [6.07, 6.45) is 0.366. The van der Waals surface area contributed by atoms with Crippen LogP contribution in [0, 0.1) is 6.92 Å². The molecule has 0 unspecified atom stereocenters. The largest absolute Gasteiger partial charge is 0.497 e. The molecule has 0 bridgehead atoms. The number of aromatic nitrogens is 4. The third-order valence-corrected chi connectivity index (χ3v) is 4.32. The number of aryl methyl sites for hydroxylation is 1. The summed E-state index contributed by atoms with van der Waals surface area (Å²) in [5, 5.41) is 13.2. The van der Waals surface area contributed by atoms with Crippen LogP contribution in [-0.2, 0) is 16.4 Å². The Morgan fingerprint density at radius 3 is 2.80 bits per heavy atom. The highest BCUT2D eigenvalue weighted by molar-refractivity contribution is 7.89. The number of tetrazole rings is 1. The number of H-pyrrole nitrogens is 1. The first-order chi connectivity index (χ1) is 9.53. The van der Waals surface area contributed by atoms with Gasteiger partial charge in [0.15, 0.2) is 5.82 Å². The van der Waals surface area contributed by atoms with Crippen molar-refractivity contribution in [2.45, 2.75) is 18.2 Å². The Morgan fingerprint density at radius 2 is 2.20 bits per heavy atom. The van der Waals surface area contributed by atoms with Crippen LogP contribution in [0.4, 0.5) is 0 Å². The van der Waals surface area contributed by atoms with Gasteiger partial charge in [0.2, 0.25) is 10.0 Å². The lowest BCUT2D eigenvalue weighted by atomic mass is 10.2. The number of hydrogen-bond donors (Lipinski definition) is 2. The van der Waals surface area contributed by atoms with E-state index in [-0.39, 0.29) is 11.4 Å². The zero-order valence-corrected chi connectivity index (χ0v) is 11.9. The Labute approximate surface area is 116 Å². The van der Waals surface area contributed by atoms with Gasteiger partial charge >= 0.3 is 0 Å². The molecule has 2 N–H and O–H groups in total. The van der Waals surface area contributed by atoms with Crippen molar-refractivity contribution in [2.75, 3.05) is 13.7 Å². The smallest absolute Gasteiger partial charge is 0.240 e. The fraction of sp³-hybridized carbons (Fsp3) is 0.364. The van der Waals surface area contributed by atoms with Crippen LogP contribution < -0.4 is 9.46 Å². The van der Waals surface area contributed by atoms with Crippen molar-refractivity contribution in [1.82, 2.24) is 25.3 Å². The van der Waals surface area contributed by atoms with E-state index < -0.39 is 10.0 Å². The number of nitrogens with zero attached hydrogens (tertiary/aromatic N) is 3. The lowest BCUT2D eigenvalue weighted by Gasteiger charge is -2.09. The van der Waals surface area contributed by atoms with E-state index in [1.807, 2.05) is 0 Å². The first-order valence-corrected chi connectivity index (χ1v) is 7.38. The molecule has 0 fully saturated rings. The van der Waals surface area contributed by atoms with Gasteiger partial charge in [0, 0.05) is 13.0 Å². The minimum atomic E-state index is -3.56. The summed E-state index contributed by atoms with van der Waals surface area (Å²) in [6, 6.07) is 4.80. The van der Waals surface area contributed by atoms with Gasteiger partial charge in [-0.15, -0.1) is 10.2 Å². The van der Waals surface area contributed by atoms with Gasteiger partial charge in [-0.25, -0.2) is 13.1 Å². The molecule has 2 rings (SSSR count). The Hall–Kier alpha value is -2.00. The molecular formula is C11H15N5O3S. The maximum atomic E-state index is 12.2. The van der Waals surface area contributed by atoms with E-state index >= 15 is 0 Å². The normalized spacial score (nSPS) is 11.5. The van der Waals surface area contributed by atoms with Gasteiger partial charge in [0.1, 0.15) is 5.75 Å². The molecule has 0 saturated heterocycles. The second kappa shape index (κ2) is 5.97. The molecule has 0 atom stereocenters. The highest BCUT2D eigenvalue weighted by atomic mass is 32.2. The molecule has 9 heteroatoms. The van der Waals surface area contributed by atoms with Crippen molar-refractivity contribution in [3.8, 4) is 5.75 Å². The number of methoxy groups -OCH3 is 1. The average Bonchev–Trinajstić information content (AvgIpc) is 2.91. The molecule has 2 aromatic rings. The lowest BCUT2D eigenvalue weighted by Crippen LogP contribution is -2.26. The van der Waals surface area contributed by atoms with Crippen LogP contribution in [0.3, 0.4) is 0 Å². The summed E-state index contributed by atoms with van der Waals surface area (Å²) < 4.78 is 31.9. The number of benzene rings is 1. The Kier molecular flexibility index (Phi) is 4.30. The van der Waals surface area contributed by atoms with Crippen LogP contribution in [0.5, 0.6) is 5.75 Å². The van der Waals surface area contributed by atoms with Crippen molar-refractivity contribution in [3.63, 3.8) is 0 Å². The minimum Gasteiger partial charge on any atom is -0.497 e. The summed E-state index contributed by atoms with van der Waals surface area (Å²) in [7, 11) is -2.03. The average molecular weight is 297 g/mol. The molecule has 0 amide bonds. The van der Waals surface area contributed by atoms with Gasteiger partial charge in [0.05, 0.1) is 12.0 Å². The fourth-order valence-corrected chi connectivity index (χ4v) is 2.97. The van der Waals surface area contributed by atoms with Gasteiger partial charge in [-0.05, 0) is 30.7 Å². The van der Waals surface area contributed by atoms with Gasteiger partial charge < -0.3 is 4.74 Å². The number of rotatable bonds is 6. The summed E-state index contributed by atoms with van der Waals surface area (Å²) >= 11 is 0. The molecule has 1 aromatic carbocycles. The minimum absolute atomic E-state index is 0.202. The number of nitrogens with one attached hydrogen (secondary N) is 2. The van der Waals surface area contributed by atoms with E-state index in [2.05, 4.69) is 25.3 Å². The molecule has 20 heavy (non-hydrogen) atoms. The first-order valence-electron chi connectivity index (χ1n) is 5.89. The molecule has 1 heterocycles. The number of sulfonamides is 1. The SMILES string of the molecule is COc1ccc(S(=O)(=O)NCCc2nn[nH]n2)c(C)c1. The monoisotopic (exact) mass is 297 g/mol. The summed E-state index contributed by atoms with van der Waals surface area (Å²) in [5.41, 5.74) is 0.622. The highest BCUT2D eigenvalue weighted by Crippen LogP contribution is 2.20. The third kappa shape index (κ3) is 3.31. The zero-order valence-electron chi connectivity index (χ0n) is 11.1. The van der Waals surface area contributed by atoms with Gasteiger partial charge in [-0.1, -0.05) is 5.21 Å². The standard InChI is InChI=1S/C11H15N5O3S/c1-8-7-9(19-2)3-4-10(8)20(17,18)12-6-5-11-13-15-16-14-11/h3-4,7,12H,5-6H2,1-2H3,(H,13,14,15,16). The molecule has 0 aliphatic rings. The molecule has 8 nitrogen and oxygen atoms in total. The Balaban J connectivity index is 2.06. The van der Waals surface area contributed by atoms with E-state index in [4.69, 9.17) is 4.74 Å². The predicted molar refractivity (Wildman–Crippen MR) is 70.8 cm³/mol. The van der Waals surface area contributed by atoms with Crippen LogP contribution in [0.1, 0.15) is 11.4 Å². The van der Waals surface area contributed by atoms with Crippen molar-refractivity contribution in [1.29, 1.82) is 0 Å². The molecule has 1 aromatic heterocycles. The quantitative estimate of drug-likeness (QED) is 0.779. The molecule has 0 aliphatic heterocycles. The van der Waals surface area contributed by atoms with Gasteiger partial charge in [0.25, 0.3) is 0 Å². The highest BCUT2D eigenvalue weighted by Gasteiger charge is 2.16. The molecule has 0 radical (unpaired) electrons. The van der Waals surface area contributed by atoms with Crippen molar-refractivity contribution >= 4 is 10.0 Å². The van der Waals surface area contributed by atoms with E-state index in [1.165, 1.54) is 13.2 Å². The molecule has 0 aliphatic carbocycles. The van der Waals surface area contributed by atoms with E-state index in [0.29, 0.717) is 23.6 Å².